The van der Waals surface area contributed by atoms with Crippen molar-refractivity contribution in [3.8, 4) is 23.0 Å². The van der Waals surface area contributed by atoms with Gasteiger partial charge in [0, 0.05) is 17.7 Å². The molecule has 1 aliphatic rings. The number of benzene rings is 2. The molecule has 2 heterocycles. The molecule has 0 unspecified atom stereocenters. The Balaban J connectivity index is 1.84. The molecule has 0 saturated carbocycles. The van der Waals surface area contributed by atoms with E-state index in [1.807, 2.05) is 6.07 Å². The number of nitriles is 1. The lowest BCUT2D eigenvalue weighted by Gasteiger charge is -2.08. The van der Waals surface area contributed by atoms with Crippen LogP contribution < -0.4 is 5.32 Å². The van der Waals surface area contributed by atoms with Gasteiger partial charge >= 0.3 is 6.18 Å². The summed E-state index contributed by atoms with van der Waals surface area (Å²) in [6.45, 7) is 0.718. The standard InChI is InChI=1S/C19H13F3N4/c20-19(21,22)14-7-5-12(6-8-14)17-15-9-10-24-18(15)26(25-17)16-4-2-1-3-13(16)11-23/h1-8,24H,9-10H2. The lowest BCUT2D eigenvalue weighted by Crippen LogP contribution is -2.06. The average molecular weight is 354 g/mol. The van der Waals surface area contributed by atoms with Gasteiger partial charge in [0.05, 0.1) is 22.5 Å². The Kier molecular flexibility index (Phi) is 3.69. The number of hydrogen-bond donors (Lipinski definition) is 1. The van der Waals surface area contributed by atoms with Crippen molar-refractivity contribution < 1.29 is 13.2 Å². The van der Waals surface area contributed by atoms with Gasteiger partial charge in [0.15, 0.2) is 0 Å². The number of nitrogens with zero attached hydrogens (tertiary/aromatic N) is 3. The van der Waals surface area contributed by atoms with Crippen molar-refractivity contribution in [2.24, 2.45) is 0 Å². The molecule has 26 heavy (non-hydrogen) atoms. The summed E-state index contributed by atoms with van der Waals surface area (Å²) in [6.07, 6.45) is -3.65. The molecular weight excluding hydrogens is 341 g/mol. The number of fused-ring (bicyclic) bond motifs is 1. The molecule has 4 nitrogen and oxygen atoms in total. The number of aromatic nitrogens is 2. The number of anilines is 1. The number of alkyl halides is 3. The van der Waals surface area contributed by atoms with E-state index in [1.54, 1.807) is 22.9 Å². The molecule has 0 fully saturated rings. The van der Waals surface area contributed by atoms with Crippen molar-refractivity contribution in [3.63, 3.8) is 0 Å². The molecule has 0 radical (unpaired) electrons. The molecule has 0 saturated heterocycles. The largest absolute Gasteiger partial charge is 0.416 e. The summed E-state index contributed by atoms with van der Waals surface area (Å²) in [4.78, 5) is 0. The third-order valence-corrected chi connectivity index (χ3v) is 4.39. The van der Waals surface area contributed by atoms with Crippen LogP contribution in [0.5, 0.6) is 0 Å². The average Bonchev–Trinajstić information content (AvgIpc) is 3.23. The smallest absolute Gasteiger partial charge is 0.369 e. The molecule has 7 heteroatoms. The van der Waals surface area contributed by atoms with Crippen LogP contribution in [0, 0.1) is 11.3 Å². The van der Waals surface area contributed by atoms with Gasteiger partial charge in [-0.25, -0.2) is 4.68 Å². The zero-order chi connectivity index (χ0) is 18.3. The Morgan fingerprint density at radius 2 is 1.81 bits per heavy atom. The Bertz CT molecular complexity index is 1010. The molecule has 130 valence electrons. The highest BCUT2D eigenvalue weighted by atomic mass is 19.4. The number of nitrogens with one attached hydrogen (secondary N) is 1. The van der Waals surface area contributed by atoms with Crippen LogP contribution in [0.25, 0.3) is 16.9 Å². The first-order valence-corrected chi connectivity index (χ1v) is 8.02. The van der Waals surface area contributed by atoms with E-state index in [2.05, 4.69) is 16.5 Å². The molecular formula is C19H13F3N4. The minimum absolute atomic E-state index is 0.477. The topological polar surface area (TPSA) is 53.6 Å². The third-order valence-electron chi connectivity index (χ3n) is 4.39. The summed E-state index contributed by atoms with van der Waals surface area (Å²) in [5, 5.41) is 17.2. The second-order valence-corrected chi connectivity index (χ2v) is 5.97. The fourth-order valence-corrected chi connectivity index (χ4v) is 3.15. The van der Waals surface area contributed by atoms with E-state index in [-0.39, 0.29) is 0 Å². The second kappa shape index (κ2) is 5.92. The van der Waals surface area contributed by atoms with E-state index in [0.717, 1.165) is 36.5 Å². The maximum absolute atomic E-state index is 12.8. The highest BCUT2D eigenvalue weighted by Gasteiger charge is 2.31. The first-order valence-electron chi connectivity index (χ1n) is 8.02. The predicted molar refractivity (Wildman–Crippen MR) is 90.9 cm³/mol. The molecule has 1 aromatic heterocycles. The molecule has 0 bridgehead atoms. The fraction of sp³-hybridized carbons (Fsp3) is 0.158. The van der Waals surface area contributed by atoms with Gasteiger partial charge in [-0.05, 0) is 30.7 Å². The second-order valence-electron chi connectivity index (χ2n) is 5.97. The predicted octanol–water partition coefficient (Wildman–Crippen LogP) is 4.40. The van der Waals surface area contributed by atoms with Gasteiger partial charge in [0.2, 0.25) is 0 Å². The Morgan fingerprint density at radius 3 is 2.50 bits per heavy atom. The molecule has 0 aliphatic carbocycles. The maximum atomic E-state index is 12.8. The number of halogens is 3. The minimum atomic E-state index is -4.37. The minimum Gasteiger partial charge on any atom is -0.369 e. The van der Waals surface area contributed by atoms with Crippen molar-refractivity contribution in [3.05, 3.63) is 65.2 Å². The Labute approximate surface area is 147 Å². The maximum Gasteiger partial charge on any atom is 0.416 e. The monoisotopic (exact) mass is 354 g/mol. The lowest BCUT2D eigenvalue weighted by molar-refractivity contribution is -0.137. The normalized spacial score (nSPS) is 13.2. The SMILES string of the molecule is N#Cc1ccccc1-n1nc(-c2ccc(C(F)(F)F)cc2)c2c1NCC2. The number of para-hydroxylation sites is 1. The van der Waals surface area contributed by atoms with Gasteiger partial charge in [0.25, 0.3) is 0 Å². The van der Waals surface area contributed by atoms with Gasteiger partial charge in [-0.1, -0.05) is 24.3 Å². The van der Waals surface area contributed by atoms with Crippen LogP contribution in [-0.4, -0.2) is 16.3 Å². The van der Waals surface area contributed by atoms with Gasteiger partial charge < -0.3 is 5.32 Å². The summed E-state index contributed by atoms with van der Waals surface area (Å²) < 4.78 is 40.0. The van der Waals surface area contributed by atoms with Crippen molar-refractivity contribution >= 4 is 5.82 Å². The van der Waals surface area contributed by atoms with Gasteiger partial charge in [-0.3, -0.25) is 0 Å². The zero-order valence-electron chi connectivity index (χ0n) is 13.5. The highest BCUT2D eigenvalue weighted by Crippen LogP contribution is 2.36. The summed E-state index contributed by atoms with van der Waals surface area (Å²) >= 11 is 0. The van der Waals surface area contributed by atoms with Crippen LogP contribution in [-0.2, 0) is 12.6 Å². The van der Waals surface area contributed by atoms with E-state index in [4.69, 9.17) is 0 Å². The van der Waals surface area contributed by atoms with E-state index in [9.17, 15) is 18.4 Å². The van der Waals surface area contributed by atoms with Crippen LogP contribution in [0.4, 0.5) is 19.0 Å². The summed E-state index contributed by atoms with van der Waals surface area (Å²) in [7, 11) is 0. The molecule has 0 spiro atoms. The van der Waals surface area contributed by atoms with Gasteiger partial charge in [-0.2, -0.15) is 23.5 Å². The molecule has 4 rings (SSSR count). The molecule has 0 atom stereocenters. The van der Waals surface area contributed by atoms with Crippen LogP contribution in [0.15, 0.2) is 48.5 Å². The van der Waals surface area contributed by atoms with E-state index in [0.29, 0.717) is 22.5 Å². The molecule has 0 amide bonds. The Morgan fingerprint density at radius 1 is 1.08 bits per heavy atom. The van der Waals surface area contributed by atoms with Crippen LogP contribution >= 0.6 is 0 Å². The molecule has 1 N–H and O–H groups in total. The molecule has 1 aliphatic heterocycles. The number of rotatable bonds is 2. The van der Waals surface area contributed by atoms with Crippen molar-refractivity contribution in [2.45, 2.75) is 12.6 Å². The van der Waals surface area contributed by atoms with Crippen molar-refractivity contribution in [2.75, 3.05) is 11.9 Å². The van der Waals surface area contributed by atoms with Crippen LogP contribution in [0.3, 0.4) is 0 Å². The first-order chi connectivity index (χ1) is 12.5. The van der Waals surface area contributed by atoms with Gasteiger partial charge in [0.1, 0.15) is 11.9 Å². The first kappa shape index (κ1) is 16.2. The zero-order valence-corrected chi connectivity index (χ0v) is 13.5. The third kappa shape index (κ3) is 2.60. The molecule has 3 aromatic rings. The molecule has 2 aromatic carbocycles. The quantitative estimate of drug-likeness (QED) is 0.742. The van der Waals surface area contributed by atoms with E-state index >= 15 is 0 Å². The Hall–Kier alpha value is -3.27. The summed E-state index contributed by atoms with van der Waals surface area (Å²) in [6, 6.07) is 14.2. The van der Waals surface area contributed by atoms with E-state index < -0.39 is 11.7 Å². The van der Waals surface area contributed by atoms with Crippen LogP contribution in [0.1, 0.15) is 16.7 Å². The van der Waals surface area contributed by atoms with E-state index in [1.165, 1.54) is 12.1 Å². The highest BCUT2D eigenvalue weighted by molar-refractivity contribution is 5.73. The van der Waals surface area contributed by atoms with Crippen LogP contribution in [0.2, 0.25) is 0 Å². The van der Waals surface area contributed by atoms with Crippen molar-refractivity contribution in [1.29, 1.82) is 5.26 Å². The van der Waals surface area contributed by atoms with Gasteiger partial charge in [-0.15, -0.1) is 0 Å². The fourth-order valence-electron chi connectivity index (χ4n) is 3.15. The van der Waals surface area contributed by atoms with Crippen molar-refractivity contribution in [1.82, 2.24) is 9.78 Å². The lowest BCUT2D eigenvalue weighted by atomic mass is 10.0. The summed E-state index contributed by atoms with van der Waals surface area (Å²) in [5.74, 6) is 0.780. The number of hydrogen-bond acceptors (Lipinski definition) is 3. The summed E-state index contributed by atoms with van der Waals surface area (Å²) in [5.41, 5.74) is 2.62.